The Hall–Kier alpha value is -1.06. The number of carbonyl (C=O) groups is 2. The summed E-state index contributed by atoms with van der Waals surface area (Å²) in [4.78, 5) is 22.3. The summed E-state index contributed by atoms with van der Waals surface area (Å²) in [6.45, 7) is 3.68. The fraction of sp³-hybridized carbons (Fsp3) is 0.882. The Balaban J connectivity index is 3.75. The molecule has 1 amide bonds. The van der Waals surface area contributed by atoms with Gasteiger partial charge in [0.15, 0.2) is 0 Å². The van der Waals surface area contributed by atoms with Gasteiger partial charge >= 0.3 is 5.97 Å². The molecule has 0 saturated heterocycles. The lowest BCUT2D eigenvalue weighted by molar-refractivity contribution is -0.147. The van der Waals surface area contributed by atoms with E-state index in [2.05, 4.69) is 12.2 Å². The van der Waals surface area contributed by atoms with Gasteiger partial charge in [-0.3, -0.25) is 9.59 Å². The third-order valence-electron chi connectivity index (χ3n) is 3.67. The molecule has 21 heavy (non-hydrogen) atoms. The Morgan fingerprint density at radius 1 is 0.952 bits per heavy atom. The van der Waals surface area contributed by atoms with Crippen LogP contribution in [0.2, 0.25) is 0 Å². The summed E-state index contributed by atoms with van der Waals surface area (Å²) in [5, 5.41) is 2.61. The van der Waals surface area contributed by atoms with Crippen LogP contribution < -0.4 is 5.32 Å². The van der Waals surface area contributed by atoms with Gasteiger partial charge < -0.3 is 10.1 Å². The van der Waals surface area contributed by atoms with Crippen molar-refractivity contribution < 1.29 is 14.3 Å². The predicted molar refractivity (Wildman–Crippen MR) is 86.1 cm³/mol. The number of amides is 1. The first-order chi connectivity index (χ1) is 10.1. The first-order valence-corrected chi connectivity index (χ1v) is 8.48. The summed E-state index contributed by atoms with van der Waals surface area (Å²) in [6.07, 6.45) is 11.8. The van der Waals surface area contributed by atoms with E-state index in [0.29, 0.717) is 6.42 Å². The van der Waals surface area contributed by atoms with E-state index >= 15 is 0 Å². The van der Waals surface area contributed by atoms with Crippen molar-refractivity contribution in [2.75, 3.05) is 7.05 Å². The Bertz CT molecular complexity index is 279. The van der Waals surface area contributed by atoms with Crippen LogP contribution in [0.1, 0.15) is 84.5 Å². The van der Waals surface area contributed by atoms with Crippen molar-refractivity contribution in [2.45, 2.75) is 90.6 Å². The molecule has 0 aliphatic rings. The topological polar surface area (TPSA) is 55.4 Å². The van der Waals surface area contributed by atoms with Gasteiger partial charge in [0.1, 0.15) is 6.10 Å². The largest absolute Gasteiger partial charge is 0.463 e. The van der Waals surface area contributed by atoms with Gasteiger partial charge in [-0.1, -0.05) is 45.4 Å². The van der Waals surface area contributed by atoms with Crippen molar-refractivity contribution in [3.05, 3.63) is 0 Å². The van der Waals surface area contributed by atoms with Crippen LogP contribution in [-0.4, -0.2) is 25.0 Å². The molecule has 0 bridgehead atoms. The van der Waals surface area contributed by atoms with Gasteiger partial charge in [0, 0.05) is 20.4 Å². The van der Waals surface area contributed by atoms with Crippen LogP contribution in [0.4, 0.5) is 0 Å². The van der Waals surface area contributed by atoms with Crippen LogP contribution in [0.3, 0.4) is 0 Å². The summed E-state index contributed by atoms with van der Waals surface area (Å²) in [7, 11) is 1.64. The van der Waals surface area contributed by atoms with E-state index in [1.165, 1.54) is 45.4 Å². The first kappa shape index (κ1) is 19.9. The maximum atomic E-state index is 11.2. The zero-order valence-electron chi connectivity index (χ0n) is 14.1. The second-order valence-electron chi connectivity index (χ2n) is 5.71. The quantitative estimate of drug-likeness (QED) is 0.413. The van der Waals surface area contributed by atoms with Crippen molar-refractivity contribution >= 4 is 11.9 Å². The molecule has 0 fully saturated rings. The van der Waals surface area contributed by atoms with Crippen molar-refractivity contribution in [3.8, 4) is 0 Å². The fourth-order valence-corrected chi connectivity index (χ4v) is 2.44. The van der Waals surface area contributed by atoms with E-state index < -0.39 is 0 Å². The Morgan fingerprint density at radius 2 is 1.52 bits per heavy atom. The van der Waals surface area contributed by atoms with Crippen LogP contribution in [0.5, 0.6) is 0 Å². The molecule has 1 unspecified atom stereocenters. The maximum absolute atomic E-state index is 11.2. The third-order valence-corrected chi connectivity index (χ3v) is 3.67. The Kier molecular flexibility index (Phi) is 13.2. The maximum Gasteiger partial charge on any atom is 0.302 e. The van der Waals surface area contributed by atoms with Crippen LogP contribution in [0.15, 0.2) is 0 Å². The van der Waals surface area contributed by atoms with Gasteiger partial charge in [-0.05, 0) is 25.7 Å². The molecule has 0 aromatic heterocycles. The first-order valence-electron chi connectivity index (χ1n) is 8.48. The minimum absolute atomic E-state index is 0.0252. The van der Waals surface area contributed by atoms with E-state index in [4.69, 9.17) is 4.74 Å². The Morgan fingerprint density at radius 3 is 2.10 bits per heavy atom. The van der Waals surface area contributed by atoms with Crippen molar-refractivity contribution in [3.63, 3.8) is 0 Å². The van der Waals surface area contributed by atoms with Crippen molar-refractivity contribution in [1.29, 1.82) is 0 Å². The Labute approximate surface area is 130 Å². The molecule has 0 aromatic rings. The number of nitrogens with one attached hydrogen (secondary N) is 1. The van der Waals surface area contributed by atoms with E-state index in [1.807, 2.05) is 0 Å². The highest BCUT2D eigenvalue weighted by Crippen LogP contribution is 2.15. The average Bonchev–Trinajstić information content (AvgIpc) is 2.45. The molecule has 0 radical (unpaired) electrons. The molecule has 0 saturated carbocycles. The molecule has 1 N–H and O–H groups in total. The van der Waals surface area contributed by atoms with E-state index in [-0.39, 0.29) is 18.0 Å². The lowest BCUT2D eigenvalue weighted by Gasteiger charge is -2.16. The fourth-order valence-electron chi connectivity index (χ4n) is 2.44. The smallest absolute Gasteiger partial charge is 0.302 e. The lowest BCUT2D eigenvalue weighted by Crippen LogP contribution is -2.20. The van der Waals surface area contributed by atoms with Gasteiger partial charge in [-0.2, -0.15) is 0 Å². The van der Waals surface area contributed by atoms with E-state index in [0.717, 1.165) is 25.7 Å². The molecule has 0 aromatic carbocycles. The molecular weight excluding hydrogens is 266 g/mol. The molecule has 4 heteroatoms. The van der Waals surface area contributed by atoms with Crippen LogP contribution in [-0.2, 0) is 14.3 Å². The highest BCUT2D eigenvalue weighted by Gasteiger charge is 2.12. The summed E-state index contributed by atoms with van der Waals surface area (Å²) in [5.41, 5.74) is 0. The molecule has 0 aliphatic heterocycles. The van der Waals surface area contributed by atoms with Gasteiger partial charge in [0.05, 0.1) is 0 Å². The summed E-state index contributed by atoms with van der Waals surface area (Å²) in [5.74, 6) is -0.171. The SMILES string of the molecule is CCCCCCCCCC(CCCC(=O)NC)OC(C)=O. The van der Waals surface area contributed by atoms with Crippen LogP contribution in [0.25, 0.3) is 0 Å². The minimum Gasteiger partial charge on any atom is -0.463 e. The van der Waals surface area contributed by atoms with Crippen molar-refractivity contribution in [1.82, 2.24) is 5.32 Å². The second-order valence-corrected chi connectivity index (χ2v) is 5.71. The highest BCUT2D eigenvalue weighted by atomic mass is 16.5. The van der Waals surface area contributed by atoms with Crippen LogP contribution in [0, 0.1) is 0 Å². The van der Waals surface area contributed by atoms with E-state index in [1.54, 1.807) is 7.05 Å². The standard InChI is InChI=1S/C17H33NO3/c1-4-5-6-7-8-9-10-12-16(21-15(2)19)13-11-14-17(20)18-3/h16H,4-14H2,1-3H3,(H,18,20). The number of hydrogen-bond donors (Lipinski definition) is 1. The monoisotopic (exact) mass is 299 g/mol. The molecule has 0 rings (SSSR count). The number of rotatable bonds is 13. The average molecular weight is 299 g/mol. The van der Waals surface area contributed by atoms with Gasteiger partial charge in [0.25, 0.3) is 0 Å². The molecule has 1 atom stereocenters. The molecule has 4 nitrogen and oxygen atoms in total. The van der Waals surface area contributed by atoms with Crippen LogP contribution >= 0.6 is 0 Å². The zero-order valence-corrected chi connectivity index (χ0v) is 14.1. The summed E-state index contributed by atoms with van der Waals surface area (Å²) in [6, 6.07) is 0. The van der Waals surface area contributed by atoms with Gasteiger partial charge in [0.2, 0.25) is 5.91 Å². The highest BCUT2D eigenvalue weighted by molar-refractivity contribution is 5.75. The number of carbonyl (C=O) groups excluding carboxylic acids is 2. The van der Waals surface area contributed by atoms with Gasteiger partial charge in [-0.15, -0.1) is 0 Å². The minimum atomic E-state index is -0.220. The third kappa shape index (κ3) is 13.7. The zero-order chi connectivity index (χ0) is 15.9. The predicted octanol–water partition coefficient (Wildman–Crippen LogP) is 3.98. The molecular formula is C17H33NO3. The number of esters is 1. The van der Waals surface area contributed by atoms with Gasteiger partial charge in [-0.25, -0.2) is 0 Å². The molecule has 0 spiro atoms. The second kappa shape index (κ2) is 13.9. The molecule has 0 heterocycles. The van der Waals surface area contributed by atoms with E-state index in [9.17, 15) is 9.59 Å². The molecule has 124 valence electrons. The van der Waals surface area contributed by atoms with Crippen molar-refractivity contribution in [2.24, 2.45) is 0 Å². The normalized spacial score (nSPS) is 12.0. The molecule has 0 aliphatic carbocycles. The summed E-state index contributed by atoms with van der Waals surface area (Å²) >= 11 is 0. The lowest BCUT2D eigenvalue weighted by atomic mass is 10.0. The number of ether oxygens (including phenoxy) is 1. The summed E-state index contributed by atoms with van der Waals surface area (Å²) < 4.78 is 5.34. The number of hydrogen-bond acceptors (Lipinski definition) is 3. The number of unbranched alkanes of at least 4 members (excludes halogenated alkanes) is 6.